The van der Waals surface area contributed by atoms with Gasteiger partial charge in [-0.2, -0.15) is 0 Å². The Morgan fingerprint density at radius 2 is 1.56 bits per heavy atom. The molecule has 11 heteroatoms. The summed E-state index contributed by atoms with van der Waals surface area (Å²) in [5.74, 6) is -5.00. The van der Waals surface area contributed by atoms with Crippen molar-refractivity contribution in [1.29, 1.82) is 0 Å². The van der Waals surface area contributed by atoms with Crippen LogP contribution in [0.4, 0.5) is 20.2 Å². The topological polar surface area (TPSA) is 58.2 Å². The highest BCUT2D eigenvalue weighted by Gasteiger charge is 2.67. The summed E-state index contributed by atoms with van der Waals surface area (Å²) < 4.78 is 25.9. The van der Waals surface area contributed by atoms with Gasteiger partial charge in [0.1, 0.15) is 4.33 Å². The summed E-state index contributed by atoms with van der Waals surface area (Å²) in [4.78, 5) is 25.5. The first kappa shape index (κ1) is 25.0. The van der Waals surface area contributed by atoms with Crippen LogP contribution in [-0.4, -0.2) is 16.1 Å². The Morgan fingerprint density at radius 1 is 0.882 bits per heavy atom. The lowest BCUT2D eigenvalue weighted by Gasteiger charge is -2.11. The van der Waals surface area contributed by atoms with E-state index in [0.717, 1.165) is 6.07 Å². The van der Waals surface area contributed by atoms with Crippen LogP contribution >= 0.6 is 58.0 Å². The summed E-state index contributed by atoms with van der Waals surface area (Å²) in [5, 5.41) is 5.69. The normalized spacial score (nSPS) is 18.3. The van der Waals surface area contributed by atoms with Crippen molar-refractivity contribution in [2.75, 3.05) is 10.6 Å². The number of carbonyl (C=O) groups excluding carboxylic acids is 2. The van der Waals surface area contributed by atoms with Gasteiger partial charge in [0, 0.05) is 21.7 Å². The molecule has 0 bridgehead atoms. The molecule has 0 saturated heterocycles. The number of rotatable bonds is 5. The second kappa shape index (κ2) is 9.51. The van der Waals surface area contributed by atoms with Crippen LogP contribution in [0.2, 0.25) is 15.1 Å². The third-order valence-corrected chi connectivity index (χ3v) is 6.96. The smallest absolute Gasteiger partial charge is 0.257 e. The van der Waals surface area contributed by atoms with Crippen LogP contribution in [0.25, 0.3) is 0 Å². The Morgan fingerprint density at radius 3 is 2.24 bits per heavy atom. The van der Waals surface area contributed by atoms with Crippen molar-refractivity contribution in [2.45, 2.75) is 10.3 Å². The summed E-state index contributed by atoms with van der Waals surface area (Å²) in [6.45, 7) is 0. The molecule has 2 atom stereocenters. The van der Waals surface area contributed by atoms with E-state index in [1.165, 1.54) is 30.3 Å². The van der Waals surface area contributed by atoms with E-state index in [4.69, 9.17) is 58.0 Å². The van der Waals surface area contributed by atoms with Gasteiger partial charge in [0.05, 0.1) is 22.2 Å². The van der Waals surface area contributed by atoms with Gasteiger partial charge in [-0.3, -0.25) is 9.59 Å². The van der Waals surface area contributed by atoms with Crippen LogP contribution in [0.5, 0.6) is 0 Å². The molecule has 176 valence electrons. The maximum atomic E-state index is 13.9. The highest BCUT2D eigenvalue weighted by atomic mass is 35.5. The molecule has 0 aromatic heterocycles. The van der Waals surface area contributed by atoms with Crippen molar-refractivity contribution < 1.29 is 18.4 Å². The number of benzene rings is 3. The van der Waals surface area contributed by atoms with Gasteiger partial charge >= 0.3 is 0 Å². The minimum atomic E-state index is -1.39. The van der Waals surface area contributed by atoms with E-state index in [0.29, 0.717) is 15.6 Å². The van der Waals surface area contributed by atoms with E-state index in [1.54, 1.807) is 18.2 Å². The van der Waals surface area contributed by atoms with E-state index in [9.17, 15) is 18.4 Å². The standard InChI is InChI=1S/C23H13Cl5F2N2O2/c24-11-6-10(7-12(25)8-11)18-19(23(18,27)28)22(34)31-13-4-5-15(26)14(9-13)21(33)32-17-3-1-2-16(29)20(17)30/h1-9,18-19H,(H,31,34)(H,32,33)/t18-,19+/m1/s1. The number of alkyl halides is 2. The molecule has 0 radical (unpaired) electrons. The lowest BCUT2D eigenvalue weighted by molar-refractivity contribution is -0.117. The maximum Gasteiger partial charge on any atom is 0.257 e. The highest BCUT2D eigenvalue weighted by molar-refractivity contribution is 6.53. The molecule has 1 aliphatic carbocycles. The molecule has 2 amide bonds. The summed E-state index contributed by atoms with van der Waals surface area (Å²) in [6, 6.07) is 12.3. The number of halogens is 7. The van der Waals surface area contributed by atoms with Gasteiger partial charge in [-0.05, 0) is 54.1 Å². The van der Waals surface area contributed by atoms with Crippen LogP contribution < -0.4 is 10.6 Å². The molecule has 3 aromatic rings. The van der Waals surface area contributed by atoms with Crippen LogP contribution in [0.3, 0.4) is 0 Å². The van der Waals surface area contributed by atoms with E-state index in [2.05, 4.69) is 10.6 Å². The molecule has 4 rings (SSSR count). The molecule has 0 heterocycles. The van der Waals surface area contributed by atoms with Crippen molar-refractivity contribution in [3.8, 4) is 0 Å². The summed E-state index contributed by atoms with van der Waals surface area (Å²) in [7, 11) is 0. The number of amides is 2. The van der Waals surface area contributed by atoms with Crippen molar-refractivity contribution in [2.24, 2.45) is 5.92 Å². The Kier molecular flexibility index (Phi) is 7.00. The summed E-state index contributed by atoms with van der Waals surface area (Å²) in [6.07, 6.45) is 0. The fourth-order valence-electron chi connectivity index (χ4n) is 3.61. The zero-order valence-corrected chi connectivity index (χ0v) is 20.6. The van der Waals surface area contributed by atoms with Gasteiger partial charge < -0.3 is 10.6 Å². The first-order valence-corrected chi connectivity index (χ1v) is 11.6. The third-order valence-electron chi connectivity index (χ3n) is 5.26. The van der Waals surface area contributed by atoms with Gasteiger partial charge in [0.2, 0.25) is 5.91 Å². The van der Waals surface area contributed by atoms with Crippen LogP contribution in [0, 0.1) is 17.6 Å². The molecular weight excluding hydrogens is 552 g/mol. The molecule has 1 saturated carbocycles. The maximum absolute atomic E-state index is 13.9. The first-order chi connectivity index (χ1) is 16.0. The largest absolute Gasteiger partial charge is 0.326 e. The SMILES string of the molecule is O=C(Nc1cccc(F)c1F)c1cc(NC(=O)[C@@H]2[C@@H](c3cc(Cl)cc(Cl)c3)C2(Cl)Cl)ccc1Cl. The molecule has 2 N–H and O–H groups in total. The molecule has 0 spiro atoms. The number of carbonyl (C=O) groups is 2. The van der Waals surface area contributed by atoms with Gasteiger partial charge in [-0.1, -0.05) is 40.9 Å². The summed E-state index contributed by atoms with van der Waals surface area (Å²) >= 11 is 30.9. The Hall–Kier alpha value is -2.09. The first-order valence-electron chi connectivity index (χ1n) is 9.68. The second-order valence-corrected chi connectivity index (χ2v) is 10.3. The molecule has 3 aromatic carbocycles. The van der Waals surface area contributed by atoms with Crippen molar-refractivity contribution in [3.63, 3.8) is 0 Å². The number of hydrogen-bond acceptors (Lipinski definition) is 2. The summed E-state index contributed by atoms with van der Waals surface area (Å²) in [5.41, 5.74) is 0.403. The predicted octanol–water partition coefficient (Wildman–Crippen LogP) is 7.70. The van der Waals surface area contributed by atoms with E-state index in [-0.39, 0.29) is 22.0 Å². The lowest BCUT2D eigenvalue weighted by Crippen LogP contribution is -2.18. The molecule has 34 heavy (non-hydrogen) atoms. The number of anilines is 2. The average Bonchev–Trinajstić information content (AvgIpc) is 3.34. The fourth-order valence-corrected chi connectivity index (χ4v) is 5.18. The van der Waals surface area contributed by atoms with Gasteiger partial charge in [0.25, 0.3) is 5.91 Å². The Labute approximate surface area is 218 Å². The molecule has 1 aliphatic rings. The minimum absolute atomic E-state index is 0.0363. The van der Waals surface area contributed by atoms with Crippen LogP contribution in [0.15, 0.2) is 54.6 Å². The highest BCUT2D eigenvalue weighted by Crippen LogP contribution is 2.65. The van der Waals surface area contributed by atoms with Crippen LogP contribution in [-0.2, 0) is 4.79 Å². The fraction of sp³-hybridized carbons (Fsp3) is 0.130. The lowest BCUT2D eigenvalue weighted by atomic mass is 10.1. The molecule has 0 unspecified atom stereocenters. The van der Waals surface area contributed by atoms with E-state index in [1.807, 2.05) is 0 Å². The Bertz CT molecular complexity index is 1300. The molecule has 4 nitrogen and oxygen atoms in total. The van der Waals surface area contributed by atoms with Crippen molar-refractivity contribution in [1.82, 2.24) is 0 Å². The van der Waals surface area contributed by atoms with Crippen molar-refractivity contribution in [3.05, 3.63) is 92.4 Å². The minimum Gasteiger partial charge on any atom is -0.326 e. The average molecular weight is 565 g/mol. The van der Waals surface area contributed by atoms with Gasteiger partial charge in [-0.15, -0.1) is 23.2 Å². The van der Waals surface area contributed by atoms with Gasteiger partial charge in [0.15, 0.2) is 11.6 Å². The predicted molar refractivity (Wildman–Crippen MR) is 132 cm³/mol. The molecule has 0 aliphatic heterocycles. The monoisotopic (exact) mass is 562 g/mol. The van der Waals surface area contributed by atoms with E-state index < -0.39 is 39.6 Å². The van der Waals surface area contributed by atoms with Gasteiger partial charge in [-0.25, -0.2) is 8.78 Å². The molecular formula is C23H13Cl5F2N2O2. The quantitative estimate of drug-likeness (QED) is 0.312. The molecule has 1 fully saturated rings. The zero-order chi connectivity index (χ0) is 24.8. The van der Waals surface area contributed by atoms with E-state index >= 15 is 0 Å². The zero-order valence-electron chi connectivity index (χ0n) is 16.8. The number of nitrogens with one attached hydrogen (secondary N) is 2. The Balaban J connectivity index is 1.52. The second-order valence-electron chi connectivity index (χ2n) is 7.57. The number of hydrogen-bond donors (Lipinski definition) is 2. The van der Waals surface area contributed by atoms with Crippen molar-refractivity contribution >= 4 is 81.2 Å². The third kappa shape index (κ3) is 4.97. The van der Waals surface area contributed by atoms with Crippen LogP contribution in [0.1, 0.15) is 21.8 Å².